The molecule has 2 aromatic rings. The van der Waals surface area contributed by atoms with E-state index in [1.165, 1.54) is 0 Å². The number of imide groups is 1. The van der Waals surface area contributed by atoms with Crippen molar-refractivity contribution in [2.45, 2.75) is 6.54 Å². The SMILES string of the molecule is COc1ccccc1/C=C1\SC(=O)N(Cc2cc3c(cc2Cl)OCO3)C1=O. The Morgan fingerprint density at radius 1 is 1.22 bits per heavy atom. The summed E-state index contributed by atoms with van der Waals surface area (Å²) < 4.78 is 15.9. The Labute approximate surface area is 164 Å². The molecule has 0 aliphatic carbocycles. The summed E-state index contributed by atoms with van der Waals surface area (Å²) in [6.45, 7) is 0.182. The fourth-order valence-corrected chi connectivity index (χ4v) is 3.86. The van der Waals surface area contributed by atoms with Crippen molar-refractivity contribution < 1.29 is 23.8 Å². The molecule has 0 radical (unpaired) electrons. The van der Waals surface area contributed by atoms with E-state index in [9.17, 15) is 9.59 Å². The van der Waals surface area contributed by atoms with Crippen LogP contribution in [0.4, 0.5) is 4.79 Å². The molecule has 2 aliphatic rings. The van der Waals surface area contributed by atoms with E-state index >= 15 is 0 Å². The molecule has 8 heteroatoms. The fourth-order valence-electron chi connectivity index (χ4n) is 2.81. The van der Waals surface area contributed by atoms with Gasteiger partial charge in [0.05, 0.1) is 18.6 Å². The molecule has 2 aliphatic heterocycles. The lowest BCUT2D eigenvalue weighted by Gasteiger charge is -2.14. The van der Waals surface area contributed by atoms with Crippen LogP contribution >= 0.6 is 23.4 Å². The van der Waals surface area contributed by atoms with Gasteiger partial charge in [-0.3, -0.25) is 14.5 Å². The number of hydrogen-bond donors (Lipinski definition) is 0. The first-order valence-corrected chi connectivity index (χ1v) is 9.22. The van der Waals surface area contributed by atoms with Crippen LogP contribution in [0.3, 0.4) is 0 Å². The van der Waals surface area contributed by atoms with E-state index in [4.69, 9.17) is 25.8 Å². The lowest BCUT2D eigenvalue weighted by molar-refractivity contribution is -0.123. The molecule has 0 N–H and O–H groups in total. The maximum atomic E-state index is 12.7. The van der Waals surface area contributed by atoms with E-state index in [2.05, 4.69) is 0 Å². The molecule has 0 bridgehead atoms. The minimum Gasteiger partial charge on any atom is -0.496 e. The first-order chi connectivity index (χ1) is 13.1. The summed E-state index contributed by atoms with van der Waals surface area (Å²) in [4.78, 5) is 26.6. The van der Waals surface area contributed by atoms with E-state index in [1.807, 2.05) is 18.2 Å². The zero-order valence-electron chi connectivity index (χ0n) is 14.2. The van der Waals surface area contributed by atoms with Crippen LogP contribution in [0.1, 0.15) is 11.1 Å². The number of fused-ring (bicyclic) bond motifs is 1. The molecular formula is C19H14ClNO5S. The van der Waals surface area contributed by atoms with E-state index in [0.717, 1.165) is 22.2 Å². The molecule has 0 aromatic heterocycles. The van der Waals surface area contributed by atoms with Crippen LogP contribution in [-0.4, -0.2) is 29.9 Å². The molecule has 138 valence electrons. The molecule has 2 heterocycles. The Bertz CT molecular complexity index is 975. The van der Waals surface area contributed by atoms with Crippen LogP contribution in [0.25, 0.3) is 6.08 Å². The predicted molar refractivity (Wildman–Crippen MR) is 102 cm³/mol. The van der Waals surface area contributed by atoms with Gasteiger partial charge in [-0.1, -0.05) is 29.8 Å². The number of rotatable bonds is 4. The van der Waals surface area contributed by atoms with Crippen molar-refractivity contribution in [3.05, 3.63) is 57.5 Å². The third kappa shape index (κ3) is 3.36. The standard InChI is InChI=1S/C19H14ClNO5S/c1-24-14-5-3-2-4-11(14)7-17-18(22)21(19(23)27-17)9-12-6-15-16(8-13(12)20)26-10-25-15/h2-8H,9-10H2,1H3/b17-7-. The van der Waals surface area contributed by atoms with Crippen LogP contribution in [-0.2, 0) is 11.3 Å². The summed E-state index contributed by atoms with van der Waals surface area (Å²) in [5, 5.41) is 0.0573. The second kappa shape index (κ2) is 7.17. The van der Waals surface area contributed by atoms with Gasteiger partial charge in [-0.25, -0.2) is 0 Å². The second-order valence-corrected chi connectivity index (χ2v) is 7.21. The maximum absolute atomic E-state index is 12.7. The van der Waals surface area contributed by atoms with Crippen LogP contribution in [0.2, 0.25) is 5.02 Å². The van der Waals surface area contributed by atoms with Crippen molar-refractivity contribution in [1.29, 1.82) is 0 Å². The highest BCUT2D eigenvalue weighted by Crippen LogP contribution is 2.39. The first-order valence-electron chi connectivity index (χ1n) is 8.03. The highest BCUT2D eigenvalue weighted by molar-refractivity contribution is 8.18. The summed E-state index contributed by atoms with van der Waals surface area (Å²) >= 11 is 7.16. The highest BCUT2D eigenvalue weighted by Gasteiger charge is 2.36. The summed E-state index contributed by atoms with van der Waals surface area (Å²) in [5.74, 6) is 1.35. The number of halogens is 1. The van der Waals surface area contributed by atoms with Gasteiger partial charge in [0.25, 0.3) is 11.1 Å². The van der Waals surface area contributed by atoms with Crippen molar-refractivity contribution in [3.8, 4) is 17.2 Å². The van der Waals surface area contributed by atoms with Crippen LogP contribution < -0.4 is 14.2 Å². The smallest absolute Gasteiger partial charge is 0.293 e. The van der Waals surface area contributed by atoms with Gasteiger partial charge in [-0.15, -0.1) is 0 Å². The number of carbonyl (C=O) groups excluding carboxylic acids is 2. The molecule has 4 rings (SSSR count). The molecule has 6 nitrogen and oxygen atoms in total. The summed E-state index contributed by atoms with van der Waals surface area (Å²) in [5.41, 5.74) is 1.34. The minimum absolute atomic E-state index is 0.0589. The Morgan fingerprint density at radius 2 is 1.96 bits per heavy atom. The predicted octanol–water partition coefficient (Wildman–Crippen LogP) is 4.31. The summed E-state index contributed by atoms with van der Waals surface area (Å²) in [7, 11) is 1.56. The third-order valence-corrected chi connectivity index (χ3v) is 5.43. The Hall–Kier alpha value is -2.64. The average molecular weight is 404 g/mol. The number of benzene rings is 2. The van der Waals surface area contributed by atoms with Crippen LogP contribution in [0.15, 0.2) is 41.3 Å². The van der Waals surface area contributed by atoms with Crippen LogP contribution in [0.5, 0.6) is 17.2 Å². The maximum Gasteiger partial charge on any atom is 0.293 e. The Kier molecular flexibility index (Phi) is 4.72. The normalized spacial score (nSPS) is 17.1. The minimum atomic E-state index is -0.371. The van der Waals surface area contributed by atoms with Crippen LogP contribution in [0, 0.1) is 0 Å². The zero-order valence-corrected chi connectivity index (χ0v) is 15.8. The highest BCUT2D eigenvalue weighted by atomic mass is 35.5. The molecular weight excluding hydrogens is 390 g/mol. The average Bonchev–Trinajstić information content (AvgIpc) is 3.21. The number of para-hydroxylation sites is 1. The summed E-state index contributed by atoms with van der Waals surface area (Å²) in [6, 6.07) is 10.6. The van der Waals surface area contributed by atoms with E-state index < -0.39 is 0 Å². The molecule has 0 atom stereocenters. The van der Waals surface area contributed by atoms with Crippen molar-refractivity contribution >= 4 is 40.6 Å². The van der Waals surface area contributed by atoms with Gasteiger partial charge >= 0.3 is 0 Å². The van der Waals surface area contributed by atoms with E-state index in [0.29, 0.717) is 32.7 Å². The van der Waals surface area contributed by atoms with Crippen molar-refractivity contribution in [1.82, 2.24) is 4.90 Å². The third-order valence-electron chi connectivity index (χ3n) is 4.17. The van der Waals surface area contributed by atoms with Gasteiger partial charge in [0, 0.05) is 16.7 Å². The molecule has 1 saturated heterocycles. The Morgan fingerprint density at radius 3 is 2.74 bits per heavy atom. The molecule has 0 spiro atoms. The molecule has 2 amide bonds. The van der Waals surface area contributed by atoms with Gasteiger partial charge < -0.3 is 14.2 Å². The van der Waals surface area contributed by atoms with Gasteiger partial charge in [-0.2, -0.15) is 0 Å². The van der Waals surface area contributed by atoms with Gasteiger partial charge in [-0.05, 0) is 35.5 Å². The molecule has 2 aromatic carbocycles. The van der Waals surface area contributed by atoms with Crippen molar-refractivity contribution in [3.63, 3.8) is 0 Å². The Balaban J connectivity index is 1.60. The number of thioether (sulfide) groups is 1. The lowest BCUT2D eigenvalue weighted by Crippen LogP contribution is -2.27. The molecule has 1 fully saturated rings. The number of carbonyl (C=O) groups is 2. The van der Waals surface area contributed by atoms with E-state index in [1.54, 1.807) is 31.4 Å². The summed E-state index contributed by atoms with van der Waals surface area (Å²) in [6.07, 6.45) is 1.66. The van der Waals surface area contributed by atoms with Gasteiger partial charge in [0.15, 0.2) is 11.5 Å². The molecule has 0 unspecified atom stereocenters. The number of methoxy groups -OCH3 is 1. The van der Waals surface area contributed by atoms with E-state index in [-0.39, 0.29) is 24.5 Å². The fraction of sp³-hybridized carbons (Fsp3) is 0.158. The molecule has 0 saturated carbocycles. The quantitative estimate of drug-likeness (QED) is 0.708. The topological polar surface area (TPSA) is 65.1 Å². The number of hydrogen-bond acceptors (Lipinski definition) is 6. The zero-order chi connectivity index (χ0) is 19.0. The number of ether oxygens (including phenoxy) is 3. The largest absolute Gasteiger partial charge is 0.496 e. The molecule has 27 heavy (non-hydrogen) atoms. The van der Waals surface area contributed by atoms with Crippen molar-refractivity contribution in [2.75, 3.05) is 13.9 Å². The second-order valence-electron chi connectivity index (χ2n) is 5.81. The number of amides is 2. The number of nitrogens with zero attached hydrogens (tertiary/aromatic N) is 1. The monoisotopic (exact) mass is 403 g/mol. The van der Waals surface area contributed by atoms with Gasteiger partial charge in [0.1, 0.15) is 5.75 Å². The first kappa shape index (κ1) is 17.8. The lowest BCUT2D eigenvalue weighted by atomic mass is 10.1. The van der Waals surface area contributed by atoms with Crippen molar-refractivity contribution in [2.24, 2.45) is 0 Å². The van der Waals surface area contributed by atoms with Gasteiger partial charge in [0.2, 0.25) is 6.79 Å².